The Labute approximate surface area is 156 Å². The van der Waals surface area contributed by atoms with E-state index in [1.165, 1.54) is 5.56 Å². The number of nitrogens with zero attached hydrogens (tertiary/aromatic N) is 4. The van der Waals surface area contributed by atoms with E-state index in [1.807, 2.05) is 31.2 Å². The monoisotopic (exact) mass is 362 g/mol. The van der Waals surface area contributed by atoms with Gasteiger partial charge in [0, 0.05) is 18.7 Å². The van der Waals surface area contributed by atoms with Crippen LogP contribution >= 0.6 is 0 Å². The van der Waals surface area contributed by atoms with Crippen LogP contribution in [0.4, 0.5) is 10.5 Å². The lowest BCUT2D eigenvalue weighted by molar-refractivity contribution is 0.129. The van der Waals surface area contributed by atoms with Crippen LogP contribution in [0.1, 0.15) is 24.8 Å². The van der Waals surface area contributed by atoms with Crippen molar-refractivity contribution in [2.24, 2.45) is 0 Å². The van der Waals surface area contributed by atoms with E-state index >= 15 is 0 Å². The van der Waals surface area contributed by atoms with Gasteiger partial charge in [0.25, 0.3) is 5.89 Å². The number of rotatable bonds is 3. The van der Waals surface area contributed by atoms with Gasteiger partial charge in [-0.05, 0) is 42.2 Å². The smallest absolute Gasteiger partial charge is 0.415 e. The molecule has 5 rings (SSSR count). The van der Waals surface area contributed by atoms with Crippen molar-refractivity contribution in [2.75, 3.05) is 4.90 Å². The maximum atomic E-state index is 12.2. The average molecular weight is 362 g/mol. The van der Waals surface area contributed by atoms with Crippen LogP contribution in [0.3, 0.4) is 0 Å². The summed E-state index contributed by atoms with van der Waals surface area (Å²) in [6.07, 6.45) is 3.18. The third-order valence-corrected chi connectivity index (χ3v) is 5.22. The molecular weight excluding hydrogens is 344 g/mol. The first-order valence-electron chi connectivity index (χ1n) is 9.03. The normalized spacial score (nSPS) is 20.5. The van der Waals surface area contributed by atoms with Gasteiger partial charge < -0.3 is 9.15 Å². The molecule has 27 heavy (non-hydrogen) atoms. The third-order valence-electron chi connectivity index (χ3n) is 5.22. The molecule has 0 bridgehead atoms. The van der Waals surface area contributed by atoms with Gasteiger partial charge >= 0.3 is 6.09 Å². The van der Waals surface area contributed by atoms with Gasteiger partial charge in [-0.15, -0.1) is 10.2 Å². The first-order valence-corrected chi connectivity index (χ1v) is 9.03. The molecule has 7 nitrogen and oxygen atoms in total. The SMILES string of the molecule is CC[C@@H]1OC(=O)N2c3ccc(-c4ccc(-c5nnc(C)o5)nc4)cc3C[C@@H]12. The minimum atomic E-state index is -0.237. The van der Waals surface area contributed by atoms with Crippen molar-refractivity contribution >= 4 is 11.8 Å². The Balaban J connectivity index is 1.45. The predicted octanol–water partition coefficient (Wildman–Crippen LogP) is 3.77. The number of carbonyl (C=O) groups excluding carboxylic acids is 1. The summed E-state index contributed by atoms with van der Waals surface area (Å²) >= 11 is 0. The molecule has 2 aliphatic heterocycles. The Hall–Kier alpha value is -3.22. The van der Waals surface area contributed by atoms with Gasteiger partial charge in [0.15, 0.2) is 0 Å². The van der Waals surface area contributed by atoms with Crippen molar-refractivity contribution in [1.82, 2.24) is 15.2 Å². The van der Waals surface area contributed by atoms with Gasteiger partial charge in [0.05, 0.1) is 11.7 Å². The Morgan fingerprint density at radius 2 is 2.04 bits per heavy atom. The van der Waals surface area contributed by atoms with Crippen molar-refractivity contribution in [1.29, 1.82) is 0 Å². The van der Waals surface area contributed by atoms with E-state index in [9.17, 15) is 4.79 Å². The Morgan fingerprint density at radius 3 is 2.74 bits per heavy atom. The first-order chi connectivity index (χ1) is 13.1. The fourth-order valence-electron chi connectivity index (χ4n) is 3.90. The molecule has 1 amide bonds. The van der Waals surface area contributed by atoms with E-state index in [2.05, 4.69) is 21.2 Å². The summed E-state index contributed by atoms with van der Waals surface area (Å²) in [5.41, 5.74) is 4.84. The molecule has 0 aliphatic carbocycles. The zero-order valence-corrected chi connectivity index (χ0v) is 15.0. The average Bonchev–Trinajstić information content (AvgIpc) is 3.36. The number of benzene rings is 1. The quantitative estimate of drug-likeness (QED) is 0.705. The molecule has 4 heterocycles. The summed E-state index contributed by atoms with van der Waals surface area (Å²) in [5.74, 6) is 0.928. The molecule has 2 aromatic heterocycles. The Bertz CT molecular complexity index is 1030. The van der Waals surface area contributed by atoms with E-state index < -0.39 is 0 Å². The molecule has 1 aromatic carbocycles. The molecule has 7 heteroatoms. The van der Waals surface area contributed by atoms with Gasteiger partial charge in [-0.1, -0.05) is 19.1 Å². The van der Waals surface area contributed by atoms with Crippen LogP contribution in [0.25, 0.3) is 22.7 Å². The number of anilines is 1. The Kier molecular flexibility index (Phi) is 3.50. The molecule has 136 valence electrons. The second-order valence-corrected chi connectivity index (χ2v) is 6.87. The number of aromatic nitrogens is 3. The molecule has 2 aliphatic rings. The topological polar surface area (TPSA) is 81.4 Å². The van der Waals surface area contributed by atoms with Gasteiger partial charge in [-0.25, -0.2) is 4.79 Å². The lowest BCUT2D eigenvalue weighted by Crippen LogP contribution is -2.32. The summed E-state index contributed by atoms with van der Waals surface area (Å²) in [5, 5.41) is 7.82. The second-order valence-electron chi connectivity index (χ2n) is 6.87. The fourth-order valence-corrected chi connectivity index (χ4v) is 3.90. The highest BCUT2D eigenvalue weighted by molar-refractivity contribution is 5.94. The number of ether oxygens (including phenoxy) is 1. The molecule has 0 unspecified atom stereocenters. The van der Waals surface area contributed by atoms with Crippen LogP contribution in [0, 0.1) is 6.92 Å². The van der Waals surface area contributed by atoms with E-state index in [-0.39, 0.29) is 18.2 Å². The Morgan fingerprint density at radius 1 is 1.19 bits per heavy atom. The number of aryl methyl sites for hydroxylation is 1. The molecule has 2 atom stereocenters. The number of amides is 1. The number of hydrogen-bond acceptors (Lipinski definition) is 6. The molecule has 0 radical (unpaired) electrons. The summed E-state index contributed by atoms with van der Waals surface area (Å²) in [4.78, 5) is 18.4. The molecule has 3 aromatic rings. The maximum absolute atomic E-state index is 12.2. The zero-order chi connectivity index (χ0) is 18.5. The van der Waals surface area contributed by atoms with E-state index in [4.69, 9.17) is 9.15 Å². The van der Waals surface area contributed by atoms with E-state index in [0.29, 0.717) is 17.5 Å². The minimum Gasteiger partial charge on any atom is -0.444 e. The summed E-state index contributed by atoms with van der Waals surface area (Å²) in [7, 11) is 0. The standard InChI is InChI=1S/C20H18N4O3/c1-3-18-17-9-14-8-12(5-7-16(14)24(17)20(25)27-18)13-4-6-15(21-10-13)19-23-22-11(2)26-19/h4-8,10,17-18H,3,9H2,1-2H3/t17-,18-/m0/s1. The molecule has 0 saturated carbocycles. The molecule has 0 N–H and O–H groups in total. The van der Waals surface area contributed by atoms with Gasteiger partial charge in [0.1, 0.15) is 11.8 Å². The van der Waals surface area contributed by atoms with E-state index in [1.54, 1.807) is 18.0 Å². The summed E-state index contributed by atoms with van der Waals surface area (Å²) < 4.78 is 10.9. The van der Waals surface area contributed by atoms with Crippen molar-refractivity contribution in [3.63, 3.8) is 0 Å². The minimum absolute atomic E-state index is 0.0350. The van der Waals surface area contributed by atoms with Crippen molar-refractivity contribution < 1.29 is 13.9 Å². The van der Waals surface area contributed by atoms with Gasteiger partial charge in [0.2, 0.25) is 5.89 Å². The zero-order valence-electron chi connectivity index (χ0n) is 15.0. The predicted molar refractivity (Wildman–Crippen MR) is 98.2 cm³/mol. The van der Waals surface area contributed by atoms with Crippen LogP contribution in [-0.2, 0) is 11.2 Å². The highest BCUT2D eigenvalue weighted by Gasteiger charge is 2.46. The van der Waals surface area contributed by atoms with Crippen LogP contribution in [-0.4, -0.2) is 33.4 Å². The van der Waals surface area contributed by atoms with Gasteiger partial charge in [-0.3, -0.25) is 9.88 Å². The number of carbonyl (C=O) groups is 1. The fraction of sp³-hybridized carbons (Fsp3) is 0.300. The number of pyridine rings is 1. The maximum Gasteiger partial charge on any atom is 0.415 e. The van der Waals surface area contributed by atoms with Crippen LogP contribution in [0.5, 0.6) is 0 Å². The highest BCUT2D eigenvalue weighted by atomic mass is 16.6. The number of fused-ring (bicyclic) bond motifs is 3. The summed E-state index contributed by atoms with van der Waals surface area (Å²) in [6.45, 7) is 3.80. The lowest BCUT2D eigenvalue weighted by Gasteiger charge is -2.15. The lowest BCUT2D eigenvalue weighted by atomic mass is 10.00. The van der Waals surface area contributed by atoms with Crippen molar-refractivity contribution in [3.05, 3.63) is 48.0 Å². The first kappa shape index (κ1) is 16.0. The molecule has 0 spiro atoms. The molecule has 1 fully saturated rings. The summed E-state index contributed by atoms with van der Waals surface area (Å²) in [6, 6.07) is 10.1. The molecule has 1 saturated heterocycles. The van der Waals surface area contributed by atoms with Crippen LogP contribution in [0.15, 0.2) is 40.9 Å². The van der Waals surface area contributed by atoms with Gasteiger partial charge in [-0.2, -0.15) is 0 Å². The number of hydrogen-bond donors (Lipinski definition) is 0. The number of cyclic esters (lactones) is 1. The van der Waals surface area contributed by atoms with E-state index in [0.717, 1.165) is 29.7 Å². The second kappa shape index (κ2) is 5.90. The van der Waals surface area contributed by atoms with Crippen LogP contribution in [0.2, 0.25) is 0 Å². The van der Waals surface area contributed by atoms with Crippen LogP contribution < -0.4 is 4.90 Å². The third kappa shape index (κ3) is 2.50. The highest BCUT2D eigenvalue weighted by Crippen LogP contribution is 2.41. The largest absolute Gasteiger partial charge is 0.444 e. The molecular formula is C20H18N4O3. The van der Waals surface area contributed by atoms with Crippen molar-refractivity contribution in [3.8, 4) is 22.7 Å². The van der Waals surface area contributed by atoms with Crippen molar-refractivity contribution in [2.45, 2.75) is 38.8 Å².